The lowest BCUT2D eigenvalue weighted by atomic mass is 9.81. The molecule has 0 aromatic heterocycles. The predicted octanol–water partition coefficient (Wildman–Crippen LogP) is 0.157. The van der Waals surface area contributed by atoms with Gasteiger partial charge in [-0.1, -0.05) is 19.3 Å². The van der Waals surface area contributed by atoms with Crippen molar-refractivity contribution in [1.82, 2.24) is 5.32 Å². The fourth-order valence-electron chi connectivity index (χ4n) is 4.56. The molecule has 124 valence electrons. The van der Waals surface area contributed by atoms with Crippen LogP contribution in [0, 0.1) is 11.8 Å². The van der Waals surface area contributed by atoms with E-state index in [1.54, 1.807) is 0 Å². The first kappa shape index (κ1) is 15.9. The van der Waals surface area contributed by atoms with Gasteiger partial charge in [-0.2, -0.15) is 0 Å². The van der Waals surface area contributed by atoms with Crippen LogP contribution in [0.25, 0.3) is 0 Å². The molecule has 3 aliphatic rings. The maximum Gasteiger partial charge on any atom is 0.222 e. The minimum Gasteiger partial charge on any atom is -0.369 e. The molecular weight excluding hydrogens is 304 g/mol. The van der Waals surface area contributed by atoms with Gasteiger partial charge in [-0.15, -0.1) is 0 Å². The van der Waals surface area contributed by atoms with Gasteiger partial charge >= 0.3 is 0 Å². The number of nitrogens with two attached hydrogens (primary N) is 1. The number of sulfone groups is 1. The van der Waals surface area contributed by atoms with E-state index < -0.39 is 31.7 Å². The van der Waals surface area contributed by atoms with E-state index in [-0.39, 0.29) is 24.7 Å². The monoisotopic (exact) mass is 328 g/mol. The van der Waals surface area contributed by atoms with Crippen molar-refractivity contribution in [2.75, 3.05) is 13.1 Å². The first-order valence-corrected chi connectivity index (χ1v) is 9.72. The average Bonchev–Trinajstić information content (AvgIpc) is 3.06. The lowest BCUT2D eigenvalue weighted by Crippen LogP contribution is -2.49. The molecule has 22 heavy (non-hydrogen) atoms. The summed E-state index contributed by atoms with van der Waals surface area (Å²) in [5, 5.41) is 2.00. The number of hydrogen-bond donors (Lipinski definition) is 2. The largest absolute Gasteiger partial charge is 0.369 e. The Bertz CT molecular complexity index is 574. The summed E-state index contributed by atoms with van der Waals surface area (Å²) in [6.45, 7) is 0.782. The zero-order valence-electron chi connectivity index (χ0n) is 12.7. The molecule has 1 aliphatic carbocycles. The number of amides is 1. The standard InChI is InChI=1S/C15H24N2O4S/c16-14(19)11-8-12(13(18)10-4-2-1-3-5-10)22(20,21)15(11)6-7-17-9-15/h10-12,17H,1-9H2,(H2,16,19). The van der Waals surface area contributed by atoms with E-state index in [1.807, 2.05) is 0 Å². The highest BCUT2D eigenvalue weighted by Gasteiger charge is 2.64. The maximum absolute atomic E-state index is 13.0. The van der Waals surface area contributed by atoms with Gasteiger partial charge in [0.15, 0.2) is 15.6 Å². The van der Waals surface area contributed by atoms with Crippen molar-refractivity contribution in [2.45, 2.75) is 54.9 Å². The van der Waals surface area contributed by atoms with Crippen LogP contribution in [0.5, 0.6) is 0 Å². The molecule has 3 unspecified atom stereocenters. The topological polar surface area (TPSA) is 106 Å². The Morgan fingerprint density at radius 3 is 2.36 bits per heavy atom. The number of primary amides is 1. The number of Topliss-reactive ketones (excluding diaryl/α,β-unsaturated/α-hetero) is 1. The minimum atomic E-state index is -3.68. The third kappa shape index (κ3) is 2.21. The normalized spacial score (nSPS) is 38.4. The van der Waals surface area contributed by atoms with Gasteiger partial charge in [0, 0.05) is 12.5 Å². The summed E-state index contributed by atoms with van der Waals surface area (Å²) >= 11 is 0. The Balaban J connectivity index is 1.92. The Hall–Kier alpha value is -0.950. The number of hydrogen-bond acceptors (Lipinski definition) is 5. The summed E-state index contributed by atoms with van der Waals surface area (Å²) in [5.41, 5.74) is 5.47. The Morgan fingerprint density at radius 2 is 1.82 bits per heavy atom. The van der Waals surface area contributed by atoms with Gasteiger partial charge in [0.2, 0.25) is 5.91 Å². The Morgan fingerprint density at radius 1 is 1.14 bits per heavy atom. The lowest BCUT2D eigenvalue weighted by molar-refractivity contribution is -0.124. The van der Waals surface area contributed by atoms with Crippen molar-refractivity contribution in [2.24, 2.45) is 17.6 Å². The van der Waals surface area contributed by atoms with Gasteiger partial charge in [-0.25, -0.2) is 8.42 Å². The van der Waals surface area contributed by atoms with Crippen LogP contribution < -0.4 is 11.1 Å². The van der Waals surface area contributed by atoms with Gasteiger partial charge in [0.25, 0.3) is 0 Å². The van der Waals surface area contributed by atoms with Gasteiger partial charge in [-0.05, 0) is 32.2 Å². The zero-order chi connectivity index (χ0) is 16.0. The lowest BCUT2D eigenvalue weighted by Gasteiger charge is -2.27. The molecule has 3 fully saturated rings. The fraction of sp³-hybridized carbons (Fsp3) is 0.867. The summed E-state index contributed by atoms with van der Waals surface area (Å²) in [5.74, 6) is -1.67. The summed E-state index contributed by atoms with van der Waals surface area (Å²) in [6, 6.07) is 0. The molecule has 2 saturated heterocycles. The number of carbonyl (C=O) groups is 2. The molecule has 3 rings (SSSR count). The molecular formula is C15H24N2O4S. The van der Waals surface area contributed by atoms with Crippen LogP contribution in [0.1, 0.15) is 44.9 Å². The summed E-state index contributed by atoms with van der Waals surface area (Å²) in [4.78, 5) is 24.6. The molecule has 1 saturated carbocycles. The van der Waals surface area contributed by atoms with Crippen LogP contribution in [0.4, 0.5) is 0 Å². The van der Waals surface area contributed by atoms with Crippen LogP contribution in [-0.4, -0.2) is 43.2 Å². The van der Waals surface area contributed by atoms with Crippen LogP contribution >= 0.6 is 0 Å². The SMILES string of the molecule is NC(=O)C1CC(C(=O)C2CCCCC2)S(=O)(=O)C12CCNC2. The summed E-state index contributed by atoms with van der Waals surface area (Å²) < 4.78 is 24.9. The van der Waals surface area contributed by atoms with Crippen molar-refractivity contribution < 1.29 is 18.0 Å². The highest BCUT2D eigenvalue weighted by Crippen LogP contribution is 2.47. The highest BCUT2D eigenvalue weighted by molar-refractivity contribution is 7.94. The highest BCUT2D eigenvalue weighted by atomic mass is 32.2. The molecule has 3 atom stereocenters. The van der Waals surface area contributed by atoms with Gasteiger partial charge in [0.1, 0.15) is 5.25 Å². The first-order valence-electron chi connectivity index (χ1n) is 8.17. The molecule has 1 amide bonds. The van der Waals surface area contributed by atoms with Crippen molar-refractivity contribution in [3.05, 3.63) is 0 Å². The molecule has 3 N–H and O–H groups in total. The Kier molecular flexibility index (Phi) is 4.05. The van der Waals surface area contributed by atoms with Crippen molar-refractivity contribution in [3.63, 3.8) is 0 Å². The van der Waals surface area contributed by atoms with Crippen molar-refractivity contribution in [1.29, 1.82) is 0 Å². The first-order chi connectivity index (χ1) is 10.4. The van der Waals surface area contributed by atoms with E-state index in [0.29, 0.717) is 13.0 Å². The molecule has 0 radical (unpaired) electrons. The van der Waals surface area contributed by atoms with Gasteiger partial charge in [0.05, 0.1) is 10.7 Å². The molecule has 0 aromatic carbocycles. The maximum atomic E-state index is 13.0. The molecule has 6 nitrogen and oxygen atoms in total. The molecule has 7 heteroatoms. The van der Waals surface area contributed by atoms with E-state index in [9.17, 15) is 18.0 Å². The average molecular weight is 328 g/mol. The van der Waals surface area contributed by atoms with Crippen LogP contribution in [0.15, 0.2) is 0 Å². The number of rotatable bonds is 3. The smallest absolute Gasteiger partial charge is 0.222 e. The van der Waals surface area contributed by atoms with E-state index in [0.717, 1.165) is 32.1 Å². The van der Waals surface area contributed by atoms with E-state index in [1.165, 1.54) is 0 Å². The molecule has 2 aliphatic heterocycles. The number of ketones is 1. The van der Waals surface area contributed by atoms with Crippen molar-refractivity contribution in [3.8, 4) is 0 Å². The van der Waals surface area contributed by atoms with Gasteiger partial charge < -0.3 is 11.1 Å². The zero-order valence-corrected chi connectivity index (χ0v) is 13.5. The second-order valence-corrected chi connectivity index (χ2v) is 9.43. The molecule has 0 bridgehead atoms. The quantitative estimate of drug-likeness (QED) is 0.767. The second-order valence-electron chi connectivity index (χ2n) is 6.95. The van der Waals surface area contributed by atoms with E-state index >= 15 is 0 Å². The van der Waals surface area contributed by atoms with E-state index in [4.69, 9.17) is 5.73 Å². The van der Waals surface area contributed by atoms with Crippen LogP contribution in [0.3, 0.4) is 0 Å². The minimum absolute atomic E-state index is 0.0781. The fourth-order valence-corrected chi connectivity index (χ4v) is 7.37. The van der Waals surface area contributed by atoms with Crippen molar-refractivity contribution >= 4 is 21.5 Å². The second kappa shape index (κ2) is 5.60. The molecule has 2 heterocycles. The summed E-state index contributed by atoms with van der Waals surface area (Å²) in [7, 11) is -3.68. The molecule has 0 aromatic rings. The number of carbonyl (C=O) groups excluding carboxylic acids is 2. The Labute approximate surface area is 131 Å². The molecule has 1 spiro atoms. The summed E-state index contributed by atoms with van der Waals surface area (Å²) in [6.07, 6.45) is 5.07. The van der Waals surface area contributed by atoms with Crippen LogP contribution in [-0.2, 0) is 19.4 Å². The van der Waals surface area contributed by atoms with Crippen LogP contribution in [0.2, 0.25) is 0 Å². The van der Waals surface area contributed by atoms with Gasteiger partial charge in [-0.3, -0.25) is 9.59 Å². The third-order valence-electron chi connectivity index (χ3n) is 5.84. The third-order valence-corrected chi connectivity index (χ3v) is 8.78. The predicted molar refractivity (Wildman–Crippen MR) is 81.8 cm³/mol. The van der Waals surface area contributed by atoms with E-state index in [2.05, 4.69) is 5.32 Å². The number of nitrogens with one attached hydrogen (secondary N) is 1.